The summed E-state index contributed by atoms with van der Waals surface area (Å²) in [5.41, 5.74) is 23.0. The molecule has 0 atom stereocenters. The van der Waals surface area contributed by atoms with E-state index in [4.69, 9.17) is 33.1 Å². The number of nitrogens with two attached hydrogens (primary N) is 4. The zero-order valence-corrected chi connectivity index (χ0v) is 9.67. The number of nitrogen functional groups attached to an aromatic ring is 4. The Morgan fingerprint density at radius 2 is 0.944 bits per heavy atom. The van der Waals surface area contributed by atoms with Crippen molar-refractivity contribution >= 4 is 22.7 Å². The van der Waals surface area contributed by atoms with E-state index in [1.807, 2.05) is 0 Å². The molecule has 0 aliphatic heterocycles. The monoisotopic (exact) mass is 248 g/mol. The summed E-state index contributed by atoms with van der Waals surface area (Å²) >= 11 is 0. The number of hydrogen-bond donors (Lipinski definition) is 6. The molecule has 2 aromatic carbocycles. The normalized spacial score (nSPS) is 9.33. The number of aromatic hydroxyl groups is 2. The van der Waals surface area contributed by atoms with E-state index in [2.05, 4.69) is 0 Å². The minimum Gasteiger partial charge on any atom is -0.506 e. The van der Waals surface area contributed by atoms with Crippen molar-refractivity contribution < 1.29 is 10.2 Å². The van der Waals surface area contributed by atoms with Gasteiger partial charge in [-0.25, -0.2) is 0 Å². The lowest BCUT2D eigenvalue weighted by atomic mass is 10.3. The van der Waals surface area contributed by atoms with Crippen LogP contribution in [0.3, 0.4) is 0 Å². The van der Waals surface area contributed by atoms with Crippen LogP contribution in [0.25, 0.3) is 0 Å². The molecule has 2 rings (SSSR count). The Kier molecular flexibility index (Phi) is 4.09. The third kappa shape index (κ3) is 3.67. The Labute approximate surface area is 104 Å². The second kappa shape index (κ2) is 5.53. The van der Waals surface area contributed by atoms with Crippen molar-refractivity contribution in [3.05, 3.63) is 36.4 Å². The van der Waals surface area contributed by atoms with E-state index < -0.39 is 0 Å². The Morgan fingerprint density at radius 3 is 1.17 bits per heavy atom. The van der Waals surface area contributed by atoms with Crippen molar-refractivity contribution in [2.45, 2.75) is 0 Å². The standard InChI is InChI=1S/2C6H8N2O/c2*7-4-1-2-6(9)5(8)3-4/h2*1-3,9H,7-8H2. The summed E-state index contributed by atoms with van der Waals surface area (Å²) in [6.07, 6.45) is 0. The van der Waals surface area contributed by atoms with Gasteiger partial charge in [-0.15, -0.1) is 0 Å². The predicted octanol–water partition coefficient (Wildman–Crippen LogP) is 1.11. The van der Waals surface area contributed by atoms with Crippen LogP contribution in [0.1, 0.15) is 0 Å². The molecule has 0 bridgehead atoms. The summed E-state index contributed by atoms with van der Waals surface area (Å²) in [4.78, 5) is 0. The van der Waals surface area contributed by atoms with Crippen molar-refractivity contribution in [2.24, 2.45) is 0 Å². The summed E-state index contributed by atoms with van der Waals surface area (Å²) in [7, 11) is 0. The van der Waals surface area contributed by atoms with Gasteiger partial charge in [-0.2, -0.15) is 0 Å². The fourth-order valence-corrected chi connectivity index (χ4v) is 1.15. The van der Waals surface area contributed by atoms with Gasteiger partial charge in [0.25, 0.3) is 0 Å². The molecule has 0 amide bonds. The van der Waals surface area contributed by atoms with Crippen molar-refractivity contribution in [1.29, 1.82) is 0 Å². The summed E-state index contributed by atoms with van der Waals surface area (Å²) < 4.78 is 0. The summed E-state index contributed by atoms with van der Waals surface area (Å²) in [6, 6.07) is 9.12. The first-order valence-corrected chi connectivity index (χ1v) is 5.08. The molecule has 0 heterocycles. The molecule has 18 heavy (non-hydrogen) atoms. The Morgan fingerprint density at radius 1 is 0.611 bits per heavy atom. The fraction of sp³-hybridized carbons (Fsp3) is 0. The number of hydrogen-bond acceptors (Lipinski definition) is 6. The van der Waals surface area contributed by atoms with Crippen molar-refractivity contribution in [3.8, 4) is 11.5 Å². The van der Waals surface area contributed by atoms with Crippen LogP contribution in [-0.4, -0.2) is 10.2 Å². The van der Waals surface area contributed by atoms with E-state index in [9.17, 15) is 0 Å². The number of anilines is 4. The van der Waals surface area contributed by atoms with E-state index in [1.165, 1.54) is 24.3 Å². The number of benzene rings is 2. The van der Waals surface area contributed by atoms with E-state index in [1.54, 1.807) is 12.1 Å². The Balaban J connectivity index is 0.000000180. The zero-order chi connectivity index (χ0) is 13.7. The molecule has 0 fully saturated rings. The highest BCUT2D eigenvalue weighted by Gasteiger charge is 1.93. The van der Waals surface area contributed by atoms with Crippen LogP contribution >= 0.6 is 0 Å². The number of phenolic OH excluding ortho intramolecular Hbond substituents is 2. The molecular weight excluding hydrogens is 232 g/mol. The zero-order valence-electron chi connectivity index (χ0n) is 9.67. The molecule has 10 N–H and O–H groups in total. The van der Waals surface area contributed by atoms with Gasteiger partial charge in [-0.3, -0.25) is 0 Å². The van der Waals surface area contributed by atoms with Gasteiger partial charge in [0, 0.05) is 11.4 Å². The SMILES string of the molecule is Nc1ccc(O)c(N)c1.Nc1ccc(O)c(N)c1. The molecule has 0 saturated heterocycles. The van der Waals surface area contributed by atoms with Crippen molar-refractivity contribution in [2.75, 3.05) is 22.9 Å². The molecule has 0 unspecified atom stereocenters. The van der Waals surface area contributed by atoms with Crippen molar-refractivity contribution in [1.82, 2.24) is 0 Å². The maximum absolute atomic E-state index is 8.86. The highest BCUT2D eigenvalue weighted by Crippen LogP contribution is 2.21. The molecule has 2 aromatic rings. The van der Waals surface area contributed by atoms with Crippen LogP contribution in [0.15, 0.2) is 36.4 Å². The summed E-state index contributed by atoms with van der Waals surface area (Å²) in [6.45, 7) is 0. The molecule has 0 radical (unpaired) electrons. The first-order valence-electron chi connectivity index (χ1n) is 5.08. The minimum absolute atomic E-state index is 0.0733. The van der Waals surface area contributed by atoms with Crippen LogP contribution in [0, 0.1) is 0 Å². The Hall–Kier alpha value is -2.76. The van der Waals surface area contributed by atoms with E-state index in [0.717, 1.165) is 0 Å². The largest absolute Gasteiger partial charge is 0.506 e. The average Bonchev–Trinajstić information content (AvgIpc) is 2.30. The summed E-state index contributed by atoms with van der Waals surface area (Å²) in [5, 5.41) is 17.7. The van der Waals surface area contributed by atoms with Gasteiger partial charge in [0.05, 0.1) is 11.4 Å². The van der Waals surface area contributed by atoms with Crippen LogP contribution in [0.2, 0.25) is 0 Å². The van der Waals surface area contributed by atoms with Gasteiger partial charge in [0.1, 0.15) is 11.5 Å². The highest BCUT2D eigenvalue weighted by atomic mass is 16.3. The van der Waals surface area contributed by atoms with Crippen LogP contribution in [0.5, 0.6) is 11.5 Å². The van der Waals surface area contributed by atoms with Gasteiger partial charge >= 0.3 is 0 Å². The van der Waals surface area contributed by atoms with Crippen LogP contribution in [0.4, 0.5) is 22.7 Å². The first-order chi connectivity index (χ1) is 8.40. The quantitative estimate of drug-likeness (QED) is 0.234. The van der Waals surface area contributed by atoms with Crippen molar-refractivity contribution in [3.63, 3.8) is 0 Å². The highest BCUT2D eigenvalue weighted by molar-refractivity contribution is 5.60. The molecule has 0 spiro atoms. The molecule has 0 aliphatic rings. The lowest BCUT2D eigenvalue weighted by molar-refractivity contribution is 0.477. The molecular formula is C12H16N4O2. The second-order valence-corrected chi connectivity index (χ2v) is 3.64. The van der Waals surface area contributed by atoms with Crippen LogP contribution < -0.4 is 22.9 Å². The van der Waals surface area contributed by atoms with E-state index in [-0.39, 0.29) is 11.5 Å². The van der Waals surface area contributed by atoms with Gasteiger partial charge in [0.2, 0.25) is 0 Å². The van der Waals surface area contributed by atoms with Gasteiger partial charge in [-0.1, -0.05) is 0 Å². The van der Waals surface area contributed by atoms with Crippen LogP contribution in [-0.2, 0) is 0 Å². The topological polar surface area (TPSA) is 145 Å². The maximum Gasteiger partial charge on any atom is 0.138 e. The van der Waals surface area contributed by atoms with Gasteiger partial charge in [-0.05, 0) is 36.4 Å². The van der Waals surface area contributed by atoms with E-state index in [0.29, 0.717) is 22.7 Å². The molecule has 0 aromatic heterocycles. The fourth-order valence-electron chi connectivity index (χ4n) is 1.15. The number of phenols is 2. The predicted molar refractivity (Wildman–Crippen MR) is 73.9 cm³/mol. The maximum atomic E-state index is 8.86. The third-order valence-electron chi connectivity index (χ3n) is 2.10. The van der Waals surface area contributed by atoms with E-state index >= 15 is 0 Å². The molecule has 6 heteroatoms. The van der Waals surface area contributed by atoms with Gasteiger partial charge < -0.3 is 33.1 Å². The minimum atomic E-state index is 0.0733. The smallest absolute Gasteiger partial charge is 0.138 e. The lowest BCUT2D eigenvalue weighted by Crippen LogP contribution is -1.88. The van der Waals surface area contributed by atoms with Gasteiger partial charge in [0.15, 0.2) is 0 Å². The molecule has 0 aliphatic carbocycles. The summed E-state index contributed by atoms with van der Waals surface area (Å²) in [5.74, 6) is 0.147. The Bertz CT molecular complexity index is 494. The average molecular weight is 248 g/mol. The molecule has 96 valence electrons. The lowest BCUT2D eigenvalue weighted by Gasteiger charge is -1.97. The third-order valence-corrected chi connectivity index (χ3v) is 2.10. The first kappa shape index (κ1) is 13.3. The number of rotatable bonds is 0. The molecule has 0 saturated carbocycles. The second-order valence-electron chi connectivity index (χ2n) is 3.64. The molecule has 6 nitrogen and oxygen atoms in total.